The normalized spacial score (nSPS) is 13.3. The molecular weight excluding hydrogens is 400 g/mol. The number of imidazole rings is 1. The van der Waals surface area contributed by atoms with Crippen LogP contribution in [-0.4, -0.2) is 41.0 Å². The second-order valence-electron chi connectivity index (χ2n) is 7.18. The van der Waals surface area contributed by atoms with Crippen LogP contribution in [0.1, 0.15) is 36.0 Å². The summed E-state index contributed by atoms with van der Waals surface area (Å²) in [7, 11) is -3.05. The van der Waals surface area contributed by atoms with E-state index in [1.165, 1.54) is 6.26 Å². The highest BCUT2D eigenvalue weighted by Crippen LogP contribution is 2.21. The molecule has 2 N–H and O–H groups in total. The van der Waals surface area contributed by atoms with E-state index in [1.54, 1.807) is 23.9 Å². The van der Waals surface area contributed by atoms with Crippen LogP contribution >= 0.6 is 0 Å². The minimum Gasteiger partial charge on any atom is -0.393 e. The summed E-state index contributed by atoms with van der Waals surface area (Å²) in [6, 6.07) is 14.6. The van der Waals surface area contributed by atoms with Gasteiger partial charge in [-0.1, -0.05) is 48.2 Å². The second-order valence-corrected chi connectivity index (χ2v) is 9.32. The molecule has 3 aromatic rings. The number of benzene rings is 2. The highest BCUT2D eigenvalue weighted by atomic mass is 32.2. The fraction of sp³-hybridized carbons (Fsp3) is 0.261. The molecule has 0 aliphatic rings. The van der Waals surface area contributed by atoms with Crippen LogP contribution in [0, 0.1) is 11.8 Å². The SMILES string of the molecule is C[C@H](O)c1nccn1[C@@H](C#Cc1ccc(-c2ccc(CS(C)(=O)=O)cc2)cc1)CO. The average molecular weight is 425 g/mol. The monoisotopic (exact) mass is 424 g/mol. The van der Waals surface area contributed by atoms with Gasteiger partial charge in [0.25, 0.3) is 0 Å². The van der Waals surface area contributed by atoms with Crippen LogP contribution in [0.4, 0.5) is 0 Å². The van der Waals surface area contributed by atoms with Gasteiger partial charge in [0.1, 0.15) is 18.0 Å². The minimum atomic E-state index is -3.05. The van der Waals surface area contributed by atoms with E-state index in [4.69, 9.17) is 0 Å². The second kappa shape index (κ2) is 9.26. The minimum absolute atomic E-state index is 0.0293. The van der Waals surface area contributed by atoms with E-state index in [1.807, 2.05) is 48.5 Å². The molecule has 30 heavy (non-hydrogen) atoms. The molecule has 156 valence electrons. The van der Waals surface area contributed by atoms with E-state index >= 15 is 0 Å². The summed E-state index contributed by atoms with van der Waals surface area (Å²) in [5.74, 6) is 6.57. The van der Waals surface area contributed by atoms with Crippen LogP contribution in [0.15, 0.2) is 60.9 Å². The Hall–Kier alpha value is -2.92. The molecule has 0 aliphatic heterocycles. The topological polar surface area (TPSA) is 92.4 Å². The van der Waals surface area contributed by atoms with Gasteiger partial charge in [-0.15, -0.1) is 0 Å². The summed E-state index contributed by atoms with van der Waals surface area (Å²) in [5.41, 5.74) is 3.54. The van der Waals surface area contributed by atoms with E-state index in [0.717, 1.165) is 22.3 Å². The van der Waals surface area contributed by atoms with Gasteiger partial charge in [0.05, 0.1) is 12.4 Å². The maximum atomic E-state index is 11.4. The lowest BCUT2D eigenvalue weighted by molar-refractivity contribution is 0.176. The number of hydrogen-bond acceptors (Lipinski definition) is 5. The molecule has 0 radical (unpaired) electrons. The Morgan fingerprint density at radius 1 is 1.07 bits per heavy atom. The number of hydrogen-bond donors (Lipinski definition) is 2. The van der Waals surface area contributed by atoms with Crippen LogP contribution < -0.4 is 0 Å². The Morgan fingerprint density at radius 2 is 1.67 bits per heavy atom. The Kier molecular flexibility index (Phi) is 6.73. The van der Waals surface area contributed by atoms with Crippen LogP contribution in [0.2, 0.25) is 0 Å². The smallest absolute Gasteiger partial charge is 0.151 e. The van der Waals surface area contributed by atoms with Crippen LogP contribution in [-0.2, 0) is 15.6 Å². The zero-order valence-electron chi connectivity index (χ0n) is 16.9. The molecule has 0 saturated heterocycles. The van der Waals surface area contributed by atoms with E-state index in [2.05, 4.69) is 16.8 Å². The molecule has 0 aliphatic carbocycles. The maximum Gasteiger partial charge on any atom is 0.151 e. The molecule has 0 bridgehead atoms. The van der Waals surface area contributed by atoms with Gasteiger partial charge in [-0.3, -0.25) is 0 Å². The standard InChI is InChI=1S/C23H24N2O4S/c1-17(27)23-24-13-14-25(23)22(15-26)12-7-18-3-8-20(9-4-18)21-10-5-19(6-11-21)16-30(2,28)29/h3-6,8-11,13-14,17,22,26-27H,15-16H2,1-2H3/t17-,22-/m0/s1. The molecule has 2 atom stereocenters. The Morgan fingerprint density at radius 3 is 2.20 bits per heavy atom. The van der Waals surface area contributed by atoms with Crippen molar-refractivity contribution < 1.29 is 18.6 Å². The van der Waals surface area contributed by atoms with Crippen LogP contribution in [0.5, 0.6) is 0 Å². The van der Waals surface area contributed by atoms with E-state index in [9.17, 15) is 18.6 Å². The molecule has 7 heteroatoms. The summed E-state index contributed by atoms with van der Waals surface area (Å²) in [4.78, 5) is 4.11. The van der Waals surface area contributed by atoms with Crippen LogP contribution in [0.3, 0.4) is 0 Å². The first kappa shape index (κ1) is 21.8. The summed E-state index contributed by atoms with van der Waals surface area (Å²) in [6.07, 6.45) is 3.73. The lowest BCUT2D eigenvalue weighted by Crippen LogP contribution is -2.15. The van der Waals surface area contributed by atoms with Gasteiger partial charge < -0.3 is 14.8 Å². The summed E-state index contributed by atoms with van der Waals surface area (Å²) < 4.78 is 24.5. The van der Waals surface area contributed by atoms with Crippen molar-refractivity contribution in [2.75, 3.05) is 12.9 Å². The van der Waals surface area contributed by atoms with E-state index in [-0.39, 0.29) is 12.4 Å². The number of rotatable bonds is 6. The number of aliphatic hydroxyl groups excluding tert-OH is 2. The molecule has 2 aromatic carbocycles. The lowest BCUT2D eigenvalue weighted by atomic mass is 10.0. The van der Waals surface area contributed by atoms with Crippen molar-refractivity contribution in [3.63, 3.8) is 0 Å². The molecular formula is C23H24N2O4S. The largest absolute Gasteiger partial charge is 0.393 e. The zero-order chi connectivity index (χ0) is 21.7. The molecule has 0 unspecified atom stereocenters. The van der Waals surface area contributed by atoms with Crippen LogP contribution in [0.25, 0.3) is 11.1 Å². The summed E-state index contributed by atoms with van der Waals surface area (Å²) in [5, 5.41) is 19.5. The zero-order valence-corrected chi connectivity index (χ0v) is 17.7. The van der Waals surface area contributed by atoms with Crippen molar-refractivity contribution in [1.29, 1.82) is 0 Å². The van der Waals surface area contributed by atoms with Crippen molar-refractivity contribution >= 4 is 9.84 Å². The predicted molar refractivity (Wildman–Crippen MR) is 116 cm³/mol. The average Bonchev–Trinajstić information content (AvgIpc) is 3.18. The quantitative estimate of drug-likeness (QED) is 0.594. The Balaban J connectivity index is 1.75. The van der Waals surface area contributed by atoms with Crippen molar-refractivity contribution in [2.24, 2.45) is 0 Å². The van der Waals surface area contributed by atoms with Crippen molar-refractivity contribution in [1.82, 2.24) is 9.55 Å². The number of nitrogens with zero attached hydrogens (tertiary/aromatic N) is 2. The number of aromatic nitrogens is 2. The summed E-state index contributed by atoms with van der Waals surface area (Å²) in [6.45, 7) is 1.42. The first-order valence-electron chi connectivity index (χ1n) is 9.47. The number of aliphatic hydroxyl groups is 2. The van der Waals surface area contributed by atoms with Crippen molar-refractivity contribution in [3.8, 4) is 23.0 Å². The molecule has 0 amide bonds. The van der Waals surface area contributed by atoms with Gasteiger partial charge >= 0.3 is 0 Å². The van der Waals surface area contributed by atoms with Crippen molar-refractivity contribution in [2.45, 2.75) is 24.8 Å². The van der Waals surface area contributed by atoms with Crippen molar-refractivity contribution in [3.05, 3.63) is 77.9 Å². The molecule has 6 nitrogen and oxygen atoms in total. The van der Waals surface area contributed by atoms with Gasteiger partial charge in [0.15, 0.2) is 9.84 Å². The van der Waals surface area contributed by atoms with Gasteiger partial charge in [-0.2, -0.15) is 0 Å². The highest BCUT2D eigenvalue weighted by Gasteiger charge is 2.14. The first-order chi connectivity index (χ1) is 14.3. The fourth-order valence-electron chi connectivity index (χ4n) is 3.12. The lowest BCUT2D eigenvalue weighted by Gasteiger charge is -2.14. The third-order valence-electron chi connectivity index (χ3n) is 4.57. The molecule has 0 fully saturated rings. The van der Waals surface area contributed by atoms with Gasteiger partial charge in [-0.25, -0.2) is 13.4 Å². The molecule has 3 rings (SSSR count). The van der Waals surface area contributed by atoms with E-state index < -0.39 is 22.0 Å². The fourth-order valence-corrected chi connectivity index (χ4v) is 3.92. The predicted octanol–water partition coefficient (Wildman–Crippen LogP) is 2.73. The highest BCUT2D eigenvalue weighted by molar-refractivity contribution is 7.89. The van der Waals surface area contributed by atoms with Gasteiger partial charge in [0, 0.05) is 24.2 Å². The maximum absolute atomic E-state index is 11.4. The molecule has 0 spiro atoms. The Bertz CT molecular complexity index is 1150. The summed E-state index contributed by atoms with van der Waals surface area (Å²) >= 11 is 0. The molecule has 0 saturated carbocycles. The molecule has 1 aromatic heterocycles. The van der Waals surface area contributed by atoms with Gasteiger partial charge in [-0.05, 0) is 35.7 Å². The first-order valence-corrected chi connectivity index (χ1v) is 11.5. The third-order valence-corrected chi connectivity index (χ3v) is 5.42. The third kappa shape index (κ3) is 5.57. The number of sulfone groups is 1. The van der Waals surface area contributed by atoms with Gasteiger partial charge in [0.2, 0.25) is 0 Å². The van der Waals surface area contributed by atoms with E-state index in [0.29, 0.717) is 5.82 Å². The molecule has 1 heterocycles. The Labute approximate surface area is 176 Å².